The van der Waals surface area contributed by atoms with E-state index < -0.39 is 11.7 Å². The maximum atomic E-state index is 12.8. The van der Waals surface area contributed by atoms with Gasteiger partial charge in [-0.2, -0.15) is 13.2 Å². The number of rotatable bonds is 4. The van der Waals surface area contributed by atoms with E-state index in [1.807, 2.05) is 20.8 Å². The van der Waals surface area contributed by atoms with Crippen molar-refractivity contribution in [3.63, 3.8) is 0 Å². The minimum absolute atomic E-state index is 0.0279. The quantitative estimate of drug-likeness (QED) is 0.798. The van der Waals surface area contributed by atoms with Crippen LogP contribution < -0.4 is 5.32 Å². The lowest BCUT2D eigenvalue weighted by Crippen LogP contribution is -2.20. The molecule has 5 heteroatoms. The third-order valence-electron chi connectivity index (χ3n) is 2.53. The van der Waals surface area contributed by atoms with Gasteiger partial charge in [-0.1, -0.05) is 31.5 Å². The van der Waals surface area contributed by atoms with Gasteiger partial charge in [0.05, 0.1) is 16.3 Å². The summed E-state index contributed by atoms with van der Waals surface area (Å²) < 4.78 is 38.5. The number of hydrogen-bond donors (Lipinski definition) is 1. The Morgan fingerprint density at radius 3 is 2.33 bits per heavy atom. The van der Waals surface area contributed by atoms with Crippen LogP contribution in [0.1, 0.15) is 32.8 Å². The molecule has 102 valence electrons. The highest BCUT2D eigenvalue weighted by Gasteiger charge is 2.34. The molecule has 1 rings (SSSR count). The molecule has 1 unspecified atom stereocenters. The molecule has 0 heterocycles. The van der Waals surface area contributed by atoms with E-state index in [9.17, 15) is 13.2 Å². The predicted molar refractivity (Wildman–Crippen MR) is 69.0 cm³/mol. The highest BCUT2D eigenvalue weighted by molar-refractivity contribution is 6.33. The van der Waals surface area contributed by atoms with E-state index >= 15 is 0 Å². The standard InChI is InChI=1S/C13H17ClF3N/c1-8(2)7-9(3)18-12-10(13(15,16)17)5-4-6-11(12)14/h4-6,8-9,18H,7H2,1-3H3. The Hall–Kier alpha value is -0.900. The number of benzene rings is 1. The smallest absolute Gasteiger partial charge is 0.381 e. The minimum atomic E-state index is -4.40. The first-order valence-electron chi connectivity index (χ1n) is 5.84. The van der Waals surface area contributed by atoms with Crippen LogP contribution in [0.2, 0.25) is 5.02 Å². The van der Waals surface area contributed by atoms with E-state index in [4.69, 9.17) is 11.6 Å². The van der Waals surface area contributed by atoms with Crippen LogP contribution in [0.5, 0.6) is 0 Å². The second-order valence-electron chi connectivity index (χ2n) is 4.84. The highest BCUT2D eigenvalue weighted by atomic mass is 35.5. The van der Waals surface area contributed by atoms with Crippen LogP contribution >= 0.6 is 11.6 Å². The second-order valence-corrected chi connectivity index (χ2v) is 5.24. The molecule has 1 aromatic rings. The Bertz CT molecular complexity index is 402. The highest BCUT2D eigenvalue weighted by Crippen LogP contribution is 2.38. The van der Waals surface area contributed by atoms with Crippen molar-refractivity contribution < 1.29 is 13.2 Å². The lowest BCUT2D eigenvalue weighted by molar-refractivity contribution is -0.137. The van der Waals surface area contributed by atoms with Crippen LogP contribution in [-0.4, -0.2) is 6.04 Å². The summed E-state index contributed by atoms with van der Waals surface area (Å²) in [7, 11) is 0. The predicted octanol–water partition coefficient (Wildman–Crippen LogP) is 5.21. The van der Waals surface area contributed by atoms with Crippen LogP contribution in [-0.2, 0) is 6.18 Å². The van der Waals surface area contributed by atoms with Gasteiger partial charge in [0, 0.05) is 6.04 Å². The molecule has 0 radical (unpaired) electrons. The lowest BCUT2D eigenvalue weighted by atomic mass is 10.0. The largest absolute Gasteiger partial charge is 0.418 e. The van der Waals surface area contributed by atoms with Crippen molar-refractivity contribution in [2.24, 2.45) is 5.92 Å². The van der Waals surface area contributed by atoms with Crippen molar-refractivity contribution in [3.05, 3.63) is 28.8 Å². The zero-order valence-electron chi connectivity index (χ0n) is 10.6. The molecule has 0 fully saturated rings. The summed E-state index contributed by atoms with van der Waals surface area (Å²) in [6.45, 7) is 5.90. The van der Waals surface area contributed by atoms with E-state index in [1.165, 1.54) is 12.1 Å². The summed E-state index contributed by atoms with van der Waals surface area (Å²) in [4.78, 5) is 0. The molecule has 0 aliphatic rings. The Balaban J connectivity index is 3.00. The maximum Gasteiger partial charge on any atom is 0.418 e. The average Bonchev–Trinajstić information content (AvgIpc) is 2.18. The summed E-state index contributed by atoms with van der Waals surface area (Å²) in [6, 6.07) is 3.74. The van der Waals surface area contributed by atoms with E-state index in [0.717, 1.165) is 12.5 Å². The van der Waals surface area contributed by atoms with Gasteiger partial charge >= 0.3 is 6.18 Å². The Morgan fingerprint density at radius 2 is 1.83 bits per heavy atom. The van der Waals surface area contributed by atoms with Gasteiger partial charge in [0.15, 0.2) is 0 Å². The van der Waals surface area contributed by atoms with Gasteiger partial charge in [-0.05, 0) is 31.4 Å². The molecule has 1 aromatic carbocycles. The zero-order chi connectivity index (χ0) is 13.9. The number of nitrogens with one attached hydrogen (secondary N) is 1. The number of halogens is 4. The van der Waals surface area contributed by atoms with Crippen LogP contribution in [0.3, 0.4) is 0 Å². The fourth-order valence-corrected chi connectivity index (χ4v) is 2.15. The minimum Gasteiger partial charge on any atom is -0.381 e. The van der Waals surface area contributed by atoms with E-state index in [1.54, 1.807) is 0 Å². The van der Waals surface area contributed by atoms with Gasteiger partial charge < -0.3 is 5.32 Å². The van der Waals surface area contributed by atoms with Crippen molar-refractivity contribution in [1.29, 1.82) is 0 Å². The van der Waals surface area contributed by atoms with Crippen LogP contribution in [0.4, 0.5) is 18.9 Å². The van der Waals surface area contributed by atoms with Gasteiger partial charge in [-0.15, -0.1) is 0 Å². The molecule has 18 heavy (non-hydrogen) atoms. The number of alkyl halides is 3. The van der Waals surface area contributed by atoms with E-state index in [-0.39, 0.29) is 16.8 Å². The number of hydrogen-bond acceptors (Lipinski definition) is 1. The summed E-state index contributed by atoms with van der Waals surface area (Å²) in [6.07, 6.45) is -3.62. The van der Waals surface area contributed by atoms with Gasteiger partial charge in [-0.25, -0.2) is 0 Å². The molecule has 1 nitrogen and oxygen atoms in total. The third kappa shape index (κ3) is 4.09. The summed E-state index contributed by atoms with van der Waals surface area (Å²) in [5.74, 6) is 0.407. The van der Waals surface area contributed by atoms with Crippen molar-refractivity contribution in [3.8, 4) is 0 Å². The van der Waals surface area contributed by atoms with Gasteiger partial charge in [-0.3, -0.25) is 0 Å². The first kappa shape index (κ1) is 15.2. The van der Waals surface area contributed by atoms with Crippen molar-refractivity contribution in [2.75, 3.05) is 5.32 Å². The van der Waals surface area contributed by atoms with Crippen LogP contribution in [0, 0.1) is 5.92 Å². The SMILES string of the molecule is CC(C)CC(C)Nc1c(Cl)cccc1C(F)(F)F. The number of anilines is 1. The van der Waals surface area contributed by atoms with Crippen LogP contribution in [0.15, 0.2) is 18.2 Å². The molecular formula is C13H17ClF3N. The molecule has 0 saturated carbocycles. The lowest BCUT2D eigenvalue weighted by Gasteiger charge is -2.21. The third-order valence-corrected chi connectivity index (χ3v) is 2.85. The van der Waals surface area contributed by atoms with Crippen LogP contribution in [0.25, 0.3) is 0 Å². The monoisotopic (exact) mass is 279 g/mol. The topological polar surface area (TPSA) is 12.0 Å². The summed E-state index contributed by atoms with van der Waals surface area (Å²) >= 11 is 5.85. The van der Waals surface area contributed by atoms with E-state index in [0.29, 0.717) is 5.92 Å². The van der Waals surface area contributed by atoms with Gasteiger partial charge in [0.2, 0.25) is 0 Å². The molecule has 0 saturated heterocycles. The summed E-state index contributed by atoms with van der Waals surface area (Å²) in [5.41, 5.74) is -0.745. The Kier molecular flexibility index (Phi) is 4.91. The second kappa shape index (κ2) is 5.83. The van der Waals surface area contributed by atoms with Crippen molar-refractivity contribution in [1.82, 2.24) is 0 Å². The summed E-state index contributed by atoms with van der Waals surface area (Å²) in [5, 5.41) is 2.96. The first-order valence-corrected chi connectivity index (χ1v) is 6.22. The fourth-order valence-electron chi connectivity index (χ4n) is 1.92. The molecule has 0 bridgehead atoms. The Labute approximate surface area is 110 Å². The van der Waals surface area contributed by atoms with Crippen molar-refractivity contribution in [2.45, 2.75) is 39.4 Å². The first-order chi connectivity index (χ1) is 8.21. The fraction of sp³-hybridized carbons (Fsp3) is 0.538. The molecule has 1 atom stereocenters. The molecule has 0 aromatic heterocycles. The molecular weight excluding hydrogens is 263 g/mol. The molecule has 0 spiro atoms. The molecule has 0 aliphatic carbocycles. The van der Waals surface area contributed by atoms with Crippen molar-refractivity contribution >= 4 is 17.3 Å². The Morgan fingerprint density at radius 1 is 1.22 bits per heavy atom. The number of para-hydroxylation sites is 1. The van der Waals surface area contributed by atoms with Gasteiger partial charge in [0.1, 0.15) is 0 Å². The van der Waals surface area contributed by atoms with Gasteiger partial charge in [0.25, 0.3) is 0 Å². The molecule has 1 N–H and O–H groups in total. The molecule has 0 aliphatic heterocycles. The molecule has 0 amide bonds. The normalized spacial score (nSPS) is 13.8. The van der Waals surface area contributed by atoms with E-state index in [2.05, 4.69) is 5.32 Å². The zero-order valence-corrected chi connectivity index (χ0v) is 11.4. The maximum absolute atomic E-state index is 12.8. The average molecular weight is 280 g/mol.